The van der Waals surface area contributed by atoms with Gasteiger partial charge in [-0.2, -0.15) is 0 Å². The summed E-state index contributed by atoms with van der Waals surface area (Å²) >= 11 is 0. The van der Waals surface area contributed by atoms with Gasteiger partial charge in [-0.3, -0.25) is 9.59 Å². The lowest BCUT2D eigenvalue weighted by atomic mass is 10.0. The Balaban J connectivity index is 3.28. The Kier molecular flexibility index (Phi) is 4.64. The van der Waals surface area contributed by atoms with Crippen molar-refractivity contribution < 1.29 is 29.4 Å². The topological polar surface area (TPSA) is 133 Å². The smallest absolute Gasteiger partial charge is 0.394 e. The second-order valence-electron chi connectivity index (χ2n) is 4.40. The number of carboxylic acid groups (broad SMARTS) is 2. The van der Waals surface area contributed by atoms with Crippen molar-refractivity contribution in [1.82, 2.24) is 0 Å². The standard InChI is InChI=1S/C13H14N2O6/c1-5-4-6(2)9(15-11(17)13(20)21)7(3)8(5)14-10(16)12(18)19/h4H,1-3H3,(H,14,16)(H,15,17)(H,18,19)(H,20,21). The summed E-state index contributed by atoms with van der Waals surface area (Å²) in [5.41, 5.74) is 1.99. The van der Waals surface area contributed by atoms with Gasteiger partial charge < -0.3 is 20.8 Å². The molecule has 21 heavy (non-hydrogen) atoms. The van der Waals surface area contributed by atoms with Crippen molar-refractivity contribution in [2.45, 2.75) is 20.8 Å². The third-order valence-electron chi connectivity index (χ3n) is 2.84. The quantitative estimate of drug-likeness (QED) is 0.592. The van der Waals surface area contributed by atoms with E-state index in [1.54, 1.807) is 19.9 Å². The molecular weight excluding hydrogens is 280 g/mol. The van der Waals surface area contributed by atoms with Gasteiger partial charge in [-0.05, 0) is 37.5 Å². The van der Waals surface area contributed by atoms with Gasteiger partial charge >= 0.3 is 23.8 Å². The Morgan fingerprint density at radius 1 is 0.810 bits per heavy atom. The molecule has 0 bridgehead atoms. The first-order chi connectivity index (χ1) is 9.65. The molecule has 1 rings (SSSR count). The molecule has 0 unspecified atom stereocenters. The number of hydrogen-bond donors (Lipinski definition) is 4. The normalized spacial score (nSPS) is 9.86. The number of carbonyl (C=O) groups is 4. The fraction of sp³-hybridized carbons (Fsp3) is 0.231. The minimum absolute atomic E-state index is 0.216. The van der Waals surface area contributed by atoms with Crippen LogP contribution in [0.1, 0.15) is 16.7 Å². The summed E-state index contributed by atoms with van der Waals surface area (Å²) in [6.45, 7) is 4.84. The van der Waals surface area contributed by atoms with Crippen LogP contribution in [0.25, 0.3) is 0 Å². The monoisotopic (exact) mass is 294 g/mol. The van der Waals surface area contributed by atoms with Gasteiger partial charge in [0.2, 0.25) is 0 Å². The van der Waals surface area contributed by atoms with Gasteiger partial charge in [-0.25, -0.2) is 9.59 Å². The van der Waals surface area contributed by atoms with Crippen LogP contribution in [0.2, 0.25) is 0 Å². The number of rotatable bonds is 2. The third-order valence-corrected chi connectivity index (χ3v) is 2.84. The van der Waals surface area contributed by atoms with Crippen LogP contribution in [0.4, 0.5) is 11.4 Å². The number of nitrogens with one attached hydrogen (secondary N) is 2. The summed E-state index contributed by atoms with van der Waals surface area (Å²) in [6.07, 6.45) is 0. The molecule has 2 amide bonds. The molecule has 4 N–H and O–H groups in total. The highest BCUT2D eigenvalue weighted by Gasteiger charge is 2.20. The number of aryl methyl sites for hydroxylation is 2. The van der Waals surface area contributed by atoms with E-state index in [-0.39, 0.29) is 11.4 Å². The Morgan fingerprint density at radius 2 is 1.14 bits per heavy atom. The number of anilines is 2. The highest BCUT2D eigenvalue weighted by atomic mass is 16.4. The number of carbonyl (C=O) groups excluding carboxylic acids is 2. The van der Waals surface area contributed by atoms with Gasteiger partial charge in [-0.1, -0.05) is 6.07 Å². The molecule has 0 radical (unpaired) electrons. The molecule has 0 aliphatic heterocycles. The number of carboxylic acids is 2. The first-order valence-corrected chi connectivity index (χ1v) is 5.84. The Morgan fingerprint density at radius 3 is 1.43 bits per heavy atom. The van der Waals surface area contributed by atoms with E-state index >= 15 is 0 Å². The molecule has 0 aromatic heterocycles. The van der Waals surface area contributed by atoms with E-state index in [0.717, 1.165) is 0 Å². The van der Waals surface area contributed by atoms with E-state index in [9.17, 15) is 19.2 Å². The molecule has 0 saturated carbocycles. The molecule has 0 spiro atoms. The van der Waals surface area contributed by atoms with Crippen LogP contribution in [-0.2, 0) is 19.2 Å². The first-order valence-electron chi connectivity index (χ1n) is 5.84. The molecule has 8 nitrogen and oxygen atoms in total. The lowest BCUT2D eigenvalue weighted by Crippen LogP contribution is -2.25. The van der Waals surface area contributed by atoms with Crippen molar-refractivity contribution in [3.8, 4) is 0 Å². The summed E-state index contributed by atoms with van der Waals surface area (Å²) in [7, 11) is 0. The number of hydrogen-bond acceptors (Lipinski definition) is 4. The van der Waals surface area contributed by atoms with Gasteiger partial charge in [0.25, 0.3) is 0 Å². The van der Waals surface area contributed by atoms with E-state index in [1.807, 2.05) is 0 Å². The number of amides is 2. The summed E-state index contributed by atoms with van der Waals surface area (Å²) < 4.78 is 0. The number of benzene rings is 1. The fourth-order valence-electron chi connectivity index (χ4n) is 1.90. The summed E-state index contributed by atoms with van der Waals surface area (Å²) in [4.78, 5) is 43.7. The predicted molar refractivity (Wildman–Crippen MR) is 73.2 cm³/mol. The molecule has 0 aliphatic rings. The van der Waals surface area contributed by atoms with E-state index < -0.39 is 23.8 Å². The SMILES string of the molecule is Cc1cc(C)c(NC(=O)C(=O)O)c(C)c1NC(=O)C(=O)O. The van der Waals surface area contributed by atoms with Crippen LogP contribution in [-0.4, -0.2) is 34.0 Å². The minimum atomic E-state index is -1.65. The van der Waals surface area contributed by atoms with Crippen molar-refractivity contribution in [3.05, 3.63) is 22.8 Å². The number of aliphatic carboxylic acids is 2. The van der Waals surface area contributed by atoms with E-state index in [2.05, 4.69) is 10.6 Å². The average molecular weight is 294 g/mol. The zero-order valence-electron chi connectivity index (χ0n) is 11.6. The maximum atomic E-state index is 11.3. The molecule has 112 valence electrons. The summed E-state index contributed by atoms with van der Waals surface area (Å²) in [5, 5.41) is 21.6. The van der Waals surface area contributed by atoms with Crippen molar-refractivity contribution in [1.29, 1.82) is 0 Å². The van der Waals surface area contributed by atoms with Crippen LogP contribution in [0.15, 0.2) is 6.07 Å². The lowest BCUT2D eigenvalue weighted by Gasteiger charge is -2.17. The Labute approximate surface area is 119 Å². The van der Waals surface area contributed by atoms with Crippen molar-refractivity contribution >= 4 is 35.1 Å². The molecule has 1 aromatic carbocycles. The lowest BCUT2D eigenvalue weighted by molar-refractivity contribution is -0.147. The highest BCUT2D eigenvalue weighted by Crippen LogP contribution is 2.30. The molecule has 0 fully saturated rings. The second-order valence-corrected chi connectivity index (χ2v) is 4.40. The predicted octanol–water partition coefficient (Wildman–Crippen LogP) is 0.658. The van der Waals surface area contributed by atoms with Crippen LogP contribution >= 0.6 is 0 Å². The third kappa shape index (κ3) is 3.56. The largest absolute Gasteiger partial charge is 0.474 e. The van der Waals surface area contributed by atoms with Crippen LogP contribution in [0, 0.1) is 20.8 Å². The summed E-state index contributed by atoms with van der Waals surface area (Å²) in [5.74, 6) is -5.74. The first kappa shape index (κ1) is 16.2. The fourth-order valence-corrected chi connectivity index (χ4v) is 1.90. The van der Waals surface area contributed by atoms with Gasteiger partial charge in [0, 0.05) is 11.4 Å². The van der Waals surface area contributed by atoms with Crippen LogP contribution in [0.3, 0.4) is 0 Å². The molecule has 0 atom stereocenters. The van der Waals surface area contributed by atoms with Gasteiger partial charge in [-0.15, -0.1) is 0 Å². The van der Waals surface area contributed by atoms with Crippen LogP contribution < -0.4 is 10.6 Å². The average Bonchev–Trinajstić information content (AvgIpc) is 2.38. The molecule has 0 aliphatic carbocycles. The van der Waals surface area contributed by atoms with Crippen molar-refractivity contribution in [2.75, 3.05) is 10.6 Å². The van der Waals surface area contributed by atoms with Crippen molar-refractivity contribution in [2.24, 2.45) is 0 Å². The zero-order valence-corrected chi connectivity index (χ0v) is 11.6. The van der Waals surface area contributed by atoms with Gasteiger partial charge in [0.1, 0.15) is 0 Å². The van der Waals surface area contributed by atoms with Crippen LogP contribution in [0.5, 0.6) is 0 Å². The minimum Gasteiger partial charge on any atom is -0.474 e. The molecular formula is C13H14N2O6. The van der Waals surface area contributed by atoms with Crippen molar-refractivity contribution in [3.63, 3.8) is 0 Å². The van der Waals surface area contributed by atoms with Gasteiger partial charge in [0.05, 0.1) is 0 Å². The van der Waals surface area contributed by atoms with E-state index in [0.29, 0.717) is 16.7 Å². The molecule has 1 aromatic rings. The molecule has 8 heteroatoms. The Hall–Kier alpha value is -2.90. The second kappa shape index (κ2) is 6.04. The Bertz CT molecular complexity index is 598. The summed E-state index contributed by atoms with van der Waals surface area (Å²) in [6, 6.07) is 1.60. The maximum absolute atomic E-state index is 11.3. The van der Waals surface area contributed by atoms with Gasteiger partial charge in [0.15, 0.2) is 0 Å². The highest BCUT2D eigenvalue weighted by molar-refractivity contribution is 6.37. The maximum Gasteiger partial charge on any atom is 0.394 e. The molecule has 0 heterocycles. The zero-order chi connectivity index (χ0) is 16.3. The van der Waals surface area contributed by atoms with E-state index in [1.165, 1.54) is 6.92 Å². The molecule has 0 saturated heterocycles. The van der Waals surface area contributed by atoms with E-state index in [4.69, 9.17) is 10.2 Å².